The zero-order chi connectivity index (χ0) is 21.9. The van der Waals surface area contributed by atoms with Crippen LogP contribution in [0.4, 0.5) is 0 Å². The molecule has 2 rings (SSSR count). The van der Waals surface area contributed by atoms with Crippen molar-refractivity contribution >= 4 is 5.78 Å². The molecule has 8 heteroatoms. The first-order chi connectivity index (χ1) is 14.6. The SMILES string of the molecule is COCCOCOc1cc(CC(=O)c2cc(OC)c(OC)c(OC)c2)ccc1OC. The van der Waals surface area contributed by atoms with Gasteiger partial charge in [0.2, 0.25) is 5.75 Å². The average molecular weight is 420 g/mol. The van der Waals surface area contributed by atoms with E-state index in [1.165, 1.54) is 21.3 Å². The average Bonchev–Trinajstić information content (AvgIpc) is 2.77. The summed E-state index contributed by atoms with van der Waals surface area (Å²) in [6, 6.07) is 8.59. The van der Waals surface area contributed by atoms with Gasteiger partial charge in [0, 0.05) is 19.1 Å². The largest absolute Gasteiger partial charge is 0.493 e. The Morgan fingerprint density at radius 2 is 1.43 bits per heavy atom. The summed E-state index contributed by atoms with van der Waals surface area (Å²) in [6.45, 7) is 0.936. The van der Waals surface area contributed by atoms with Crippen LogP contribution in [0.2, 0.25) is 0 Å². The molecule has 0 aromatic heterocycles. The smallest absolute Gasteiger partial charge is 0.203 e. The molecule has 2 aromatic rings. The molecular weight excluding hydrogens is 392 g/mol. The lowest BCUT2D eigenvalue weighted by atomic mass is 10.0. The molecule has 0 atom stereocenters. The molecule has 0 bridgehead atoms. The molecule has 0 saturated heterocycles. The summed E-state index contributed by atoms with van der Waals surface area (Å²) >= 11 is 0. The van der Waals surface area contributed by atoms with Crippen molar-refractivity contribution in [1.82, 2.24) is 0 Å². The van der Waals surface area contributed by atoms with E-state index in [2.05, 4.69) is 0 Å². The van der Waals surface area contributed by atoms with Gasteiger partial charge >= 0.3 is 0 Å². The van der Waals surface area contributed by atoms with Crippen LogP contribution in [-0.2, 0) is 15.9 Å². The third-order valence-corrected chi connectivity index (χ3v) is 4.31. The minimum atomic E-state index is -0.110. The number of carbonyl (C=O) groups is 1. The maximum atomic E-state index is 12.9. The lowest BCUT2D eigenvalue weighted by molar-refractivity contribution is -0.00947. The van der Waals surface area contributed by atoms with Gasteiger partial charge in [0.15, 0.2) is 35.6 Å². The molecular formula is C22H28O8. The third-order valence-electron chi connectivity index (χ3n) is 4.31. The Labute approximate surface area is 176 Å². The quantitative estimate of drug-likeness (QED) is 0.278. The molecule has 0 aliphatic heterocycles. The van der Waals surface area contributed by atoms with Crippen molar-refractivity contribution in [3.8, 4) is 28.7 Å². The van der Waals surface area contributed by atoms with Crippen LogP contribution in [-0.4, -0.2) is 61.3 Å². The van der Waals surface area contributed by atoms with Crippen molar-refractivity contribution in [3.05, 3.63) is 41.5 Å². The lowest BCUT2D eigenvalue weighted by Gasteiger charge is -2.14. The molecule has 0 amide bonds. The summed E-state index contributed by atoms with van der Waals surface area (Å²) in [6.07, 6.45) is 0.156. The second-order valence-electron chi connectivity index (χ2n) is 6.16. The molecule has 0 N–H and O–H groups in total. The van der Waals surface area contributed by atoms with Gasteiger partial charge in [-0.2, -0.15) is 0 Å². The number of ether oxygens (including phenoxy) is 7. The first-order valence-corrected chi connectivity index (χ1v) is 9.27. The number of methoxy groups -OCH3 is 5. The summed E-state index contributed by atoms with van der Waals surface area (Å²) in [5.74, 6) is 2.21. The Hall–Kier alpha value is -2.97. The summed E-state index contributed by atoms with van der Waals surface area (Å²) in [7, 11) is 7.68. The molecule has 0 spiro atoms. The van der Waals surface area contributed by atoms with E-state index in [1.54, 1.807) is 38.5 Å². The third kappa shape index (κ3) is 6.01. The number of hydrogen-bond acceptors (Lipinski definition) is 8. The fraction of sp³-hybridized carbons (Fsp3) is 0.409. The number of hydrogen-bond donors (Lipinski definition) is 0. The summed E-state index contributed by atoms with van der Waals surface area (Å²) in [4.78, 5) is 12.9. The molecule has 0 fully saturated rings. The maximum absolute atomic E-state index is 12.9. The minimum absolute atomic E-state index is 0.0456. The van der Waals surface area contributed by atoms with E-state index in [-0.39, 0.29) is 19.0 Å². The molecule has 0 saturated carbocycles. The fourth-order valence-corrected chi connectivity index (χ4v) is 2.78. The van der Waals surface area contributed by atoms with Crippen LogP contribution in [0.1, 0.15) is 15.9 Å². The summed E-state index contributed by atoms with van der Waals surface area (Å²) < 4.78 is 37.2. The van der Waals surface area contributed by atoms with Gasteiger partial charge in [0.25, 0.3) is 0 Å². The predicted molar refractivity (Wildman–Crippen MR) is 110 cm³/mol. The minimum Gasteiger partial charge on any atom is -0.493 e. The van der Waals surface area contributed by atoms with E-state index in [9.17, 15) is 4.79 Å². The molecule has 0 aliphatic carbocycles. The molecule has 164 valence electrons. The molecule has 0 unspecified atom stereocenters. The van der Waals surface area contributed by atoms with Crippen LogP contribution in [0, 0.1) is 0 Å². The predicted octanol–water partition coefficient (Wildman–Crippen LogP) is 3.15. The van der Waals surface area contributed by atoms with Crippen LogP contribution >= 0.6 is 0 Å². The Kier molecular flexibility index (Phi) is 9.24. The second kappa shape index (κ2) is 11.9. The maximum Gasteiger partial charge on any atom is 0.203 e. The number of ketones is 1. The Balaban J connectivity index is 2.17. The summed E-state index contributed by atoms with van der Waals surface area (Å²) in [5, 5.41) is 0. The van der Waals surface area contributed by atoms with Gasteiger partial charge in [-0.1, -0.05) is 6.07 Å². The van der Waals surface area contributed by atoms with Crippen molar-refractivity contribution in [2.75, 3.05) is 55.6 Å². The van der Waals surface area contributed by atoms with Gasteiger partial charge in [-0.3, -0.25) is 4.79 Å². The molecule has 0 heterocycles. The van der Waals surface area contributed by atoms with E-state index in [1.807, 2.05) is 6.07 Å². The van der Waals surface area contributed by atoms with Crippen molar-refractivity contribution in [3.63, 3.8) is 0 Å². The van der Waals surface area contributed by atoms with Crippen molar-refractivity contribution in [2.45, 2.75) is 6.42 Å². The number of Topliss-reactive ketones (excluding diaryl/α,β-unsaturated/α-hetero) is 1. The van der Waals surface area contributed by atoms with E-state index in [0.29, 0.717) is 47.5 Å². The highest BCUT2D eigenvalue weighted by molar-refractivity contribution is 5.98. The van der Waals surface area contributed by atoms with E-state index in [4.69, 9.17) is 33.2 Å². The Morgan fingerprint density at radius 3 is 2.00 bits per heavy atom. The van der Waals surface area contributed by atoms with Gasteiger partial charge in [0.05, 0.1) is 41.7 Å². The highest BCUT2D eigenvalue weighted by Crippen LogP contribution is 2.38. The van der Waals surface area contributed by atoms with E-state index < -0.39 is 0 Å². The Bertz CT molecular complexity index is 809. The molecule has 30 heavy (non-hydrogen) atoms. The van der Waals surface area contributed by atoms with Crippen LogP contribution < -0.4 is 23.7 Å². The fourth-order valence-electron chi connectivity index (χ4n) is 2.78. The van der Waals surface area contributed by atoms with Crippen molar-refractivity contribution in [1.29, 1.82) is 0 Å². The zero-order valence-electron chi connectivity index (χ0n) is 18.0. The number of carbonyl (C=O) groups excluding carboxylic acids is 1. The van der Waals surface area contributed by atoms with Crippen LogP contribution in [0.25, 0.3) is 0 Å². The first kappa shape index (κ1) is 23.3. The summed E-state index contributed by atoms with van der Waals surface area (Å²) in [5.41, 5.74) is 1.21. The molecule has 8 nitrogen and oxygen atoms in total. The standard InChI is InChI=1S/C22H28O8/c1-24-8-9-29-14-30-19-11-15(6-7-18(19)25-2)10-17(23)16-12-20(26-3)22(28-5)21(13-16)27-4/h6-7,11-13H,8-10,14H2,1-5H3. The molecule has 2 aromatic carbocycles. The van der Waals surface area contributed by atoms with Gasteiger partial charge in [-0.25, -0.2) is 0 Å². The number of rotatable bonds is 13. The van der Waals surface area contributed by atoms with E-state index >= 15 is 0 Å². The van der Waals surface area contributed by atoms with Gasteiger partial charge in [-0.05, 0) is 29.8 Å². The van der Waals surface area contributed by atoms with Crippen LogP contribution in [0.3, 0.4) is 0 Å². The zero-order valence-corrected chi connectivity index (χ0v) is 18.0. The Morgan fingerprint density at radius 1 is 0.767 bits per heavy atom. The second-order valence-corrected chi connectivity index (χ2v) is 6.16. The number of benzene rings is 2. The lowest BCUT2D eigenvalue weighted by Crippen LogP contribution is -2.09. The topological polar surface area (TPSA) is 81.7 Å². The highest BCUT2D eigenvalue weighted by atomic mass is 16.7. The van der Waals surface area contributed by atoms with Crippen molar-refractivity contribution < 1.29 is 38.0 Å². The molecule has 0 aliphatic rings. The van der Waals surface area contributed by atoms with E-state index in [0.717, 1.165) is 5.56 Å². The normalized spacial score (nSPS) is 10.4. The van der Waals surface area contributed by atoms with Crippen LogP contribution in [0.5, 0.6) is 28.7 Å². The monoisotopic (exact) mass is 420 g/mol. The first-order valence-electron chi connectivity index (χ1n) is 9.27. The molecule has 0 radical (unpaired) electrons. The van der Waals surface area contributed by atoms with Gasteiger partial charge < -0.3 is 33.2 Å². The van der Waals surface area contributed by atoms with Crippen molar-refractivity contribution in [2.24, 2.45) is 0 Å². The van der Waals surface area contributed by atoms with Gasteiger partial charge in [-0.15, -0.1) is 0 Å². The van der Waals surface area contributed by atoms with Crippen LogP contribution in [0.15, 0.2) is 30.3 Å². The highest BCUT2D eigenvalue weighted by Gasteiger charge is 2.18. The van der Waals surface area contributed by atoms with Gasteiger partial charge in [0.1, 0.15) is 0 Å².